The Labute approximate surface area is 168 Å². The number of hydrogen-bond donors (Lipinski definition) is 1. The Morgan fingerprint density at radius 3 is 2.57 bits per heavy atom. The predicted octanol–water partition coefficient (Wildman–Crippen LogP) is 3.58. The molecule has 5 nitrogen and oxygen atoms in total. The van der Waals surface area contributed by atoms with Gasteiger partial charge in [-0.05, 0) is 36.8 Å². The molecule has 1 atom stereocenters. The standard InChI is InChI=1S/C21H22ClFN2O3/c1-3-12-24-21(27)15(2)25(13-16-8-10-17(23)11-9-16)20(26)14-28-19-7-5-4-6-18(19)22/h3-11,15H,1,12-14H2,2H3,(H,24,27). The number of hydrogen-bond acceptors (Lipinski definition) is 3. The van der Waals surface area contributed by atoms with Crippen molar-refractivity contribution in [3.63, 3.8) is 0 Å². The molecule has 2 aromatic rings. The SMILES string of the molecule is C=CCNC(=O)C(C)N(Cc1ccc(F)cc1)C(=O)COc1ccccc1Cl. The number of halogens is 2. The van der Waals surface area contributed by atoms with Gasteiger partial charge in [0.25, 0.3) is 5.91 Å². The highest BCUT2D eigenvalue weighted by Crippen LogP contribution is 2.23. The largest absolute Gasteiger partial charge is 0.482 e. The summed E-state index contributed by atoms with van der Waals surface area (Å²) in [4.78, 5) is 26.5. The van der Waals surface area contributed by atoms with Gasteiger partial charge in [0.15, 0.2) is 6.61 Å². The average Bonchev–Trinajstić information content (AvgIpc) is 2.70. The van der Waals surface area contributed by atoms with Crippen molar-refractivity contribution in [3.8, 4) is 5.75 Å². The zero-order chi connectivity index (χ0) is 20.5. The molecule has 0 saturated carbocycles. The Morgan fingerprint density at radius 1 is 1.25 bits per heavy atom. The van der Waals surface area contributed by atoms with Gasteiger partial charge in [-0.1, -0.05) is 41.9 Å². The third-order valence-corrected chi connectivity index (χ3v) is 4.35. The predicted molar refractivity (Wildman–Crippen MR) is 107 cm³/mol. The van der Waals surface area contributed by atoms with Gasteiger partial charge in [0.2, 0.25) is 5.91 Å². The van der Waals surface area contributed by atoms with E-state index in [0.29, 0.717) is 16.3 Å². The molecule has 0 aliphatic carbocycles. The highest BCUT2D eigenvalue weighted by Gasteiger charge is 2.26. The van der Waals surface area contributed by atoms with Crippen molar-refractivity contribution in [2.75, 3.05) is 13.2 Å². The van der Waals surface area contributed by atoms with Gasteiger partial charge >= 0.3 is 0 Å². The fourth-order valence-corrected chi connectivity index (χ4v) is 2.66. The Kier molecular flexibility index (Phi) is 8.02. The van der Waals surface area contributed by atoms with Crippen molar-refractivity contribution in [2.24, 2.45) is 0 Å². The Bertz CT molecular complexity index is 827. The van der Waals surface area contributed by atoms with Gasteiger partial charge in [-0.25, -0.2) is 4.39 Å². The summed E-state index contributed by atoms with van der Waals surface area (Å²) in [6.07, 6.45) is 1.55. The molecule has 148 valence electrons. The lowest BCUT2D eigenvalue weighted by Crippen LogP contribution is -2.49. The van der Waals surface area contributed by atoms with Crippen LogP contribution in [0.25, 0.3) is 0 Å². The van der Waals surface area contributed by atoms with Crippen LogP contribution < -0.4 is 10.1 Å². The van der Waals surface area contributed by atoms with Crippen LogP contribution in [0.3, 0.4) is 0 Å². The van der Waals surface area contributed by atoms with Crippen molar-refractivity contribution in [2.45, 2.75) is 19.5 Å². The molecule has 7 heteroatoms. The van der Waals surface area contributed by atoms with Gasteiger partial charge in [-0.2, -0.15) is 0 Å². The average molecular weight is 405 g/mol. The van der Waals surface area contributed by atoms with Crippen LogP contribution in [0.2, 0.25) is 5.02 Å². The van der Waals surface area contributed by atoms with Crippen molar-refractivity contribution < 1.29 is 18.7 Å². The number of ether oxygens (including phenoxy) is 1. The van der Waals surface area contributed by atoms with E-state index in [1.807, 2.05) is 0 Å². The Hall–Kier alpha value is -2.86. The van der Waals surface area contributed by atoms with Gasteiger partial charge in [0.1, 0.15) is 17.6 Å². The third-order valence-electron chi connectivity index (χ3n) is 4.04. The van der Waals surface area contributed by atoms with Crippen molar-refractivity contribution in [1.29, 1.82) is 0 Å². The fraction of sp³-hybridized carbons (Fsp3) is 0.238. The maximum absolute atomic E-state index is 13.2. The number of nitrogens with zero attached hydrogens (tertiary/aromatic N) is 1. The second-order valence-electron chi connectivity index (χ2n) is 6.08. The number of carbonyl (C=O) groups excluding carboxylic acids is 2. The number of para-hydroxylation sites is 1. The van der Waals surface area contributed by atoms with E-state index >= 15 is 0 Å². The normalized spacial score (nSPS) is 11.4. The summed E-state index contributed by atoms with van der Waals surface area (Å²) in [5.74, 6) is -0.720. The summed E-state index contributed by atoms with van der Waals surface area (Å²) >= 11 is 6.04. The minimum absolute atomic E-state index is 0.133. The van der Waals surface area contributed by atoms with E-state index in [9.17, 15) is 14.0 Å². The first-order valence-corrected chi connectivity index (χ1v) is 9.10. The van der Waals surface area contributed by atoms with E-state index in [0.717, 1.165) is 0 Å². The maximum Gasteiger partial charge on any atom is 0.261 e. The van der Waals surface area contributed by atoms with Gasteiger partial charge in [0, 0.05) is 13.1 Å². The van der Waals surface area contributed by atoms with Crippen LogP contribution in [0, 0.1) is 5.82 Å². The van der Waals surface area contributed by atoms with Crippen LogP contribution in [0.5, 0.6) is 5.75 Å². The monoisotopic (exact) mass is 404 g/mol. The first-order valence-electron chi connectivity index (χ1n) is 8.72. The van der Waals surface area contributed by atoms with E-state index in [4.69, 9.17) is 16.3 Å². The first kappa shape index (κ1) is 21.4. The lowest BCUT2D eigenvalue weighted by atomic mass is 10.1. The van der Waals surface area contributed by atoms with Crippen LogP contribution in [0.15, 0.2) is 61.2 Å². The molecular weight excluding hydrogens is 383 g/mol. The summed E-state index contributed by atoms with van der Waals surface area (Å²) in [5.41, 5.74) is 0.691. The Morgan fingerprint density at radius 2 is 1.93 bits per heavy atom. The Balaban J connectivity index is 2.14. The number of amides is 2. The molecule has 0 spiro atoms. The van der Waals surface area contributed by atoms with Gasteiger partial charge in [-0.3, -0.25) is 9.59 Å². The highest BCUT2D eigenvalue weighted by atomic mass is 35.5. The number of benzene rings is 2. The van der Waals surface area contributed by atoms with Crippen molar-refractivity contribution in [3.05, 3.63) is 77.6 Å². The van der Waals surface area contributed by atoms with Gasteiger partial charge in [0.05, 0.1) is 5.02 Å². The lowest BCUT2D eigenvalue weighted by molar-refractivity contribution is -0.142. The molecular formula is C21H22ClFN2O3. The molecule has 0 aliphatic heterocycles. The minimum atomic E-state index is -0.757. The molecule has 1 N–H and O–H groups in total. The molecule has 28 heavy (non-hydrogen) atoms. The number of nitrogens with one attached hydrogen (secondary N) is 1. The molecule has 0 fully saturated rings. The van der Waals surface area contributed by atoms with Crippen LogP contribution >= 0.6 is 11.6 Å². The molecule has 2 aromatic carbocycles. The molecule has 0 aromatic heterocycles. The molecule has 0 saturated heterocycles. The van der Waals surface area contributed by atoms with Gasteiger partial charge < -0.3 is 15.0 Å². The molecule has 1 unspecified atom stereocenters. The zero-order valence-electron chi connectivity index (χ0n) is 15.5. The fourth-order valence-electron chi connectivity index (χ4n) is 2.47. The second kappa shape index (κ2) is 10.5. The summed E-state index contributed by atoms with van der Waals surface area (Å²) in [5, 5.41) is 3.06. The molecule has 2 amide bonds. The summed E-state index contributed by atoms with van der Waals surface area (Å²) in [6.45, 7) is 5.31. The first-order chi connectivity index (χ1) is 13.4. The van der Waals surface area contributed by atoms with Crippen LogP contribution in [0.4, 0.5) is 4.39 Å². The van der Waals surface area contributed by atoms with E-state index < -0.39 is 11.9 Å². The molecule has 0 bridgehead atoms. The topological polar surface area (TPSA) is 58.6 Å². The third kappa shape index (κ3) is 6.09. The number of rotatable bonds is 9. The molecule has 0 heterocycles. The number of carbonyl (C=O) groups is 2. The summed E-state index contributed by atoms with van der Waals surface area (Å²) in [7, 11) is 0. The maximum atomic E-state index is 13.2. The quantitative estimate of drug-likeness (QED) is 0.650. The molecule has 0 aliphatic rings. The van der Waals surface area contributed by atoms with Crippen LogP contribution in [0.1, 0.15) is 12.5 Å². The van der Waals surface area contributed by atoms with E-state index in [2.05, 4.69) is 11.9 Å². The van der Waals surface area contributed by atoms with Crippen LogP contribution in [-0.4, -0.2) is 35.9 Å². The summed E-state index contributed by atoms with van der Waals surface area (Å²) in [6, 6.07) is 11.8. The van der Waals surface area contributed by atoms with E-state index in [-0.39, 0.29) is 31.4 Å². The lowest BCUT2D eigenvalue weighted by Gasteiger charge is -2.28. The highest BCUT2D eigenvalue weighted by molar-refractivity contribution is 6.32. The van der Waals surface area contributed by atoms with Crippen molar-refractivity contribution >= 4 is 23.4 Å². The molecule has 0 radical (unpaired) electrons. The van der Waals surface area contributed by atoms with E-state index in [1.54, 1.807) is 49.4 Å². The van der Waals surface area contributed by atoms with Crippen molar-refractivity contribution in [1.82, 2.24) is 10.2 Å². The molecule has 2 rings (SSSR count). The van der Waals surface area contributed by atoms with E-state index in [1.165, 1.54) is 17.0 Å². The smallest absolute Gasteiger partial charge is 0.261 e. The minimum Gasteiger partial charge on any atom is -0.482 e. The second-order valence-corrected chi connectivity index (χ2v) is 6.48. The van der Waals surface area contributed by atoms with Crippen LogP contribution in [-0.2, 0) is 16.1 Å². The summed E-state index contributed by atoms with van der Waals surface area (Å²) < 4.78 is 18.7. The van der Waals surface area contributed by atoms with Gasteiger partial charge in [-0.15, -0.1) is 6.58 Å². The zero-order valence-corrected chi connectivity index (χ0v) is 16.3.